The molecule has 3 aromatic rings. The van der Waals surface area contributed by atoms with E-state index in [1.54, 1.807) is 24.0 Å². The second kappa shape index (κ2) is 9.79. The van der Waals surface area contributed by atoms with Gasteiger partial charge in [-0.25, -0.2) is 9.48 Å². The summed E-state index contributed by atoms with van der Waals surface area (Å²) in [5.74, 6) is -0.192. The molecule has 0 saturated carbocycles. The largest absolute Gasteiger partial charge is 0.461 e. The molecule has 1 amide bonds. The molecule has 0 aliphatic carbocycles. The van der Waals surface area contributed by atoms with E-state index in [9.17, 15) is 14.4 Å². The highest BCUT2D eigenvalue weighted by Gasteiger charge is 2.31. The maximum Gasteiger partial charge on any atom is 0.359 e. The normalized spacial score (nSPS) is 13.4. The predicted octanol–water partition coefficient (Wildman–Crippen LogP) is 2.71. The van der Waals surface area contributed by atoms with Gasteiger partial charge >= 0.3 is 5.97 Å². The third kappa shape index (κ3) is 4.60. The van der Waals surface area contributed by atoms with E-state index in [0.29, 0.717) is 36.5 Å². The van der Waals surface area contributed by atoms with Gasteiger partial charge in [0.2, 0.25) is 5.91 Å². The smallest absolute Gasteiger partial charge is 0.359 e. The van der Waals surface area contributed by atoms with Crippen molar-refractivity contribution < 1.29 is 14.3 Å². The van der Waals surface area contributed by atoms with Crippen molar-refractivity contribution in [2.45, 2.75) is 60.2 Å². The van der Waals surface area contributed by atoms with Crippen molar-refractivity contribution in [3.05, 3.63) is 57.3 Å². The number of carbonyl (C=O) groups excluding carboxylic acids is 2. The van der Waals surface area contributed by atoms with Gasteiger partial charge in [-0.2, -0.15) is 10.2 Å². The Hall–Kier alpha value is -3.49. The standard InChI is InChI=1S/C25H31N5O4/c1-5-34-25(33)23-20-14-28(12-11-21(20)29(27-23)13-10-16(2)3)22(31)15-30-24(32)19-9-7-6-8-18(19)17(4)26-30/h6-9,16H,5,10-15H2,1-4H3. The fourth-order valence-corrected chi connectivity index (χ4v) is 4.37. The van der Waals surface area contributed by atoms with E-state index >= 15 is 0 Å². The minimum absolute atomic E-state index is 0.157. The first-order valence-corrected chi connectivity index (χ1v) is 11.8. The molecule has 0 N–H and O–H groups in total. The number of nitrogens with zero attached hydrogens (tertiary/aromatic N) is 5. The zero-order valence-corrected chi connectivity index (χ0v) is 20.2. The zero-order chi connectivity index (χ0) is 24.4. The van der Waals surface area contributed by atoms with Gasteiger partial charge in [0.1, 0.15) is 6.54 Å². The van der Waals surface area contributed by atoms with E-state index in [1.165, 1.54) is 4.68 Å². The van der Waals surface area contributed by atoms with Crippen LogP contribution in [0.25, 0.3) is 10.8 Å². The lowest BCUT2D eigenvalue weighted by Crippen LogP contribution is -2.41. The number of hydrogen-bond acceptors (Lipinski definition) is 6. The average Bonchev–Trinajstić information content (AvgIpc) is 3.19. The van der Waals surface area contributed by atoms with Gasteiger partial charge in [-0.1, -0.05) is 32.0 Å². The van der Waals surface area contributed by atoms with E-state index in [1.807, 2.05) is 23.7 Å². The third-order valence-electron chi connectivity index (χ3n) is 6.21. The van der Waals surface area contributed by atoms with Crippen LogP contribution < -0.4 is 5.56 Å². The van der Waals surface area contributed by atoms with Crippen LogP contribution in [-0.4, -0.2) is 49.5 Å². The van der Waals surface area contributed by atoms with Crippen molar-refractivity contribution in [3.8, 4) is 0 Å². The van der Waals surface area contributed by atoms with E-state index in [0.717, 1.165) is 23.1 Å². The fraction of sp³-hybridized carbons (Fsp3) is 0.480. The minimum Gasteiger partial charge on any atom is -0.461 e. The fourth-order valence-electron chi connectivity index (χ4n) is 4.37. The number of ether oxygens (including phenoxy) is 1. The quantitative estimate of drug-likeness (QED) is 0.498. The number of aryl methyl sites for hydroxylation is 2. The monoisotopic (exact) mass is 465 g/mol. The van der Waals surface area contributed by atoms with Crippen LogP contribution in [0.4, 0.5) is 0 Å². The van der Waals surface area contributed by atoms with Gasteiger partial charge in [-0.05, 0) is 32.3 Å². The summed E-state index contributed by atoms with van der Waals surface area (Å²) < 4.78 is 8.34. The summed E-state index contributed by atoms with van der Waals surface area (Å²) in [6, 6.07) is 7.26. The molecule has 2 aromatic heterocycles. The zero-order valence-electron chi connectivity index (χ0n) is 20.2. The minimum atomic E-state index is -0.473. The molecular weight excluding hydrogens is 434 g/mol. The molecule has 0 saturated heterocycles. The molecule has 1 aromatic carbocycles. The van der Waals surface area contributed by atoms with Crippen LogP contribution in [0.3, 0.4) is 0 Å². The first-order chi connectivity index (χ1) is 16.3. The summed E-state index contributed by atoms with van der Waals surface area (Å²) in [5.41, 5.74) is 2.39. The number of esters is 1. The highest BCUT2D eigenvalue weighted by molar-refractivity contribution is 5.89. The summed E-state index contributed by atoms with van der Waals surface area (Å²) in [6.45, 7) is 9.43. The molecule has 180 valence electrons. The first kappa shape index (κ1) is 23.7. The lowest BCUT2D eigenvalue weighted by molar-refractivity contribution is -0.133. The Morgan fingerprint density at radius 2 is 1.85 bits per heavy atom. The van der Waals surface area contributed by atoms with Crippen molar-refractivity contribution in [2.24, 2.45) is 5.92 Å². The highest BCUT2D eigenvalue weighted by atomic mass is 16.5. The van der Waals surface area contributed by atoms with Crippen LogP contribution in [0.2, 0.25) is 0 Å². The van der Waals surface area contributed by atoms with Gasteiger partial charge in [0, 0.05) is 42.7 Å². The van der Waals surface area contributed by atoms with Gasteiger partial charge < -0.3 is 9.64 Å². The SMILES string of the molecule is CCOC(=O)c1nn(CCC(C)C)c2c1CN(C(=O)Cn1nc(C)c3ccccc3c1=O)CC2. The third-order valence-corrected chi connectivity index (χ3v) is 6.21. The second-order valence-corrected chi connectivity index (χ2v) is 9.06. The molecule has 3 heterocycles. The summed E-state index contributed by atoms with van der Waals surface area (Å²) >= 11 is 0. The second-order valence-electron chi connectivity index (χ2n) is 9.06. The topological polar surface area (TPSA) is 99.3 Å². The molecule has 0 spiro atoms. The Morgan fingerprint density at radius 1 is 1.12 bits per heavy atom. The Bertz CT molecular complexity index is 1290. The molecule has 34 heavy (non-hydrogen) atoms. The molecule has 9 heteroatoms. The Balaban J connectivity index is 1.59. The molecule has 0 atom stereocenters. The van der Waals surface area contributed by atoms with E-state index < -0.39 is 5.97 Å². The highest BCUT2D eigenvalue weighted by Crippen LogP contribution is 2.25. The lowest BCUT2D eigenvalue weighted by atomic mass is 10.0. The number of hydrogen-bond donors (Lipinski definition) is 0. The Labute approximate surface area is 198 Å². The number of benzene rings is 1. The van der Waals surface area contributed by atoms with Crippen LogP contribution in [0.15, 0.2) is 29.1 Å². The molecule has 0 unspecified atom stereocenters. The number of amides is 1. The molecule has 9 nitrogen and oxygen atoms in total. The molecule has 1 aliphatic heterocycles. The average molecular weight is 466 g/mol. The predicted molar refractivity (Wildman–Crippen MR) is 127 cm³/mol. The van der Waals surface area contributed by atoms with Crippen LogP contribution in [0.1, 0.15) is 54.6 Å². The van der Waals surface area contributed by atoms with Gasteiger partial charge in [0.25, 0.3) is 5.56 Å². The lowest BCUT2D eigenvalue weighted by Gasteiger charge is -2.28. The number of rotatable bonds is 7. The van der Waals surface area contributed by atoms with Crippen molar-refractivity contribution in [1.82, 2.24) is 24.5 Å². The van der Waals surface area contributed by atoms with Gasteiger partial charge in [0.05, 0.1) is 17.7 Å². The van der Waals surface area contributed by atoms with Crippen LogP contribution >= 0.6 is 0 Å². The molecule has 4 rings (SSSR count). The Morgan fingerprint density at radius 3 is 2.56 bits per heavy atom. The van der Waals surface area contributed by atoms with Crippen LogP contribution in [0.5, 0.6) is 0 Å². The summed E-state index contributed by atoms with van der Waals surface area (Å²) in [4.78, 5) is 40.3. The number of fused-ring (bicyclic) bond motifs is 2. The molecular formula is C25H31N5O4. The van der Waals surface area contributed by atoms with E-state index in [4.69, 9.17) is 4.74 Å². The summed E-state index contributed by atoms with van der Waals surface area (Å²) in [5, 5.41) is 10.2. The van der Waals surface area contributed by atoms with Gasteiger partial charge in [-0.15, -0.1) is 0 Å². The van der Waals surface area contributed by atoms with Crippen molar-refractivity contribution in [3.63, 3.8) is 0 Å². The molecule has 0 bridgehead atoms. The molecule has 0 fully saturated rings. The van der Waals surface area contributed by atoms with Crippen LogP contribution in [0, 0.1) is 12.8 Å². The molecule has 0 radical (unpaired) electrons. The van der Waals surface area contributed by atoms with Crippen molar-refractivity contribution in [2.75, 3.05) is 13.2 Å². The maximum atomic E-state index is 13.2. The maximum absolute atomic E-state index is 13.2. The van der Waals surface area contributed by atoms with Gasteiger partial charge in [-0.3, -0.25) is 14.3 Å². The van der Waals surface area contributed by atoms with E-state index in [-0.39, 0.29) is 36.9 Å². The van der Waals surface area contributed by atoms with Crippen molar-refractivity contribution >= 4 is 22.6 Å². The summed E-state index contributed by atoms with van der Waals surface area (Å²) in [6.07, 6.45) is 1.53. The van der Waals surface area contributed by atoms with E-state index in [2.05, 4.69) is 24.0 Å². The molecule has 1 aliphatic rings. The number of aromatic nitrogens is 4. The number of carbonyl (C=O) groups is 2. The summed E-state index contributed by atoms with van der Waals surface area (Å²) in [7, 11) is 0. The van der Waals surface area contributed by atoms with Crippen molar-refractivity contribution in [1.29, 1.82) is 0 Å². The van der Waals surface area contributed by atoms with Crippen LogP contribution in [-0.2, 0) is 35.6 Å². The van der Waals surface area contributed by atoms with Gasteiger partial charge in [0.15, 0.2) is 5.69 Å². The first-order valence-electron chi connectivity index (χ1n) is 11.8. The Kier molecular flexibility index (Phi) is 6.81.